The summed E-state index contributed by atoms with van der Waals surface area (Å²) in [5.41, 5.74) is 4.16. The zero-order valence-electron chi connectivity index (χ0n) is 16.1. The van der Waals surface area contributed by atoms with E-state index >= 15 is 0 Å². The van der Waals surface area contributed by atoms with E-state index in [1.165, 1.54) is 22.3 Å². The third-order valence-corrected chi connectivity index (χ3v) is 5.95. The molecule has 1 atom stereocenters. The molecule has 1 aromatic carbocycles. The Morgan fingerprint density at radius 3 is 2.73 bits per heavy atom. The van der Waals surface area contributed by atoms with Crippen LogP contribution in [0.15, 0.2) is 12.1 Å². The molecule has 1 saturated heterocycles. The lowest BCUT2D eigenvalue weighted by Crippen LogP contribution is -2.44. The summed E-state index contributed by atoms with van der Waals surface area (Å²) in [6.07, 6.45) is 2.05. The van der Waals surface area contributed by atoms with Gasteiger partial charge in [-0.2, -0.15) is 0 Å². The van der Waals surface area contributed by atoms with Gasteiger partial charge in [0.2, 0.25) is 0 Å². The molecule has 3 aliphatic rings. The molecule has 2 N–H and O–H groups in total. The minimum Gasteiger partial charge on any atom is -0.380 e. The molecule has 2 fully saturated rings. The molecule has 0 unspecified atom stereocenters. The third-order valence-electron chi connectivity index (χ3n) is 5.95. The molecule has 2 heterocycles. The number of fused-ring (bicyclic) bond motifs is 1. The highest BCUT2D eigenvalue weighted by atomic mass is 16.5. The molecule has 1 aliphatic carbocycles. The van der Waals surface area contributed by atoms with E-state index in [1.54, 1.807) is 0 Å². The van der Waals surface area contributed by atoms with E-state index in [2.05, 4.69) is 38.2 Å². The number of aliphatic hydroxyl groups is 1. The van der Waals surface area contributed by atoms with Gasteiger partial charge in [-0.05, 0) is 46.9 Å². The Kier molecular flexibility index (Phi) is 4.37. The number of nitrogens with one attached hydrogen (secondary N) is 1. The topological polar surface area (TPSA) is 61.8 Å². The smallest absolute Gasteiger partial charge is 0.254 e. The highest BCUT2D eigenvalue weighted by molar-refractivity contribution is 5.88. The molecule has 0 spiro atoms. The Labute approximate surface area is 155 Å². The molecule has 0 aromatic heterocycles. The molecular formula is C21H30N2O3. The number of benzene rings is 1. The van der Waals surface area contributed by atoms with Gasteiger partial charge in [0.25, 0.3) is 5.91 Å². The van der Waals surface area contributed by atoms with Crippen LogP contribution < -0.4 is 5.32 Å². The van der Waals surface area contributed by atoms with Gasteiger partial charge in [-0.1, -0.05) is 32.9 Å². The van der Waals surface area contributed by atoms with E-state index in [0.29, 0.717) is 32.5 Å². The van der Waals surface area contributed by atoms with Gasteiger partial charge in [0, 0.05) is 19.6 Å². The minimum absolute atomic E-state index is 0.0788. The average Bonchev–Trinajstić information content (AvgIpc) is 3.38. The van der Waals surface area contributed by atoms with Crippen LogP contribution in [0.1, 0.15) is 61.9 Å². The van der Waals surface area contributed by atoms with Crippen LogP contribution in [0, 0.1) is 0 Å². The third kappa shape index (κ3) is 3.28. The fourth-order valence-electron chi connectivity index (χ4n) is 4.01. The van der Waals surface area contributed by atoms with E-state index in [-0.39, 0.29) is 17.4 Å². The Hall–Kier alpha value is -1.43. The molecule has 5 nitrogen and oxygen atoms in total. The molecule has 1 amide bonds. The van der Waals surface area contributed by atoms with Gasteiger partial charge < -0.3 is 20.1 Å². The van der Waals surface area contributed by atoms with Gasteiger partial charge in [0.05, 0.1) is 19.3 Å². The molecular weight excluding hydrogens is 328 g/mol. The largest absolute Gasteiger partial charge is 0.380 e. The van der Waals surface area contributed by atoms with Crippen LogP contribution in [0.3, 0.4) is 0 Å². The standard InChI is InChI=1S/C21H30N2O3/c1-20(2,3)15-10-14-4-8-23(19(24)21(25)5-6-21)12-17(14)16(11-15)18-13-26-9-7-22-18/h10-11,18,22,25H,4-9,12-13H2,1-3H3/t18-/m0/s1. The maximum Gasteiger partial charge on any atom is 0.254 e. The molecule has 0 radical (unpaired) electrons. The van der Waals surface area contributed by atoms with Crippen molar-refractivity contribution in [2.24, 2.45) is 0 Å². The zero-order chi connectivity index (χ0) is 18.5. The predicted molar refractivity (Wildman–Crippen MR) is 100 cm³/mol. The van der Waals surface area contributed by atoms with Crippen molar-refractivity contribution in [3.05, 3.63) is 34.4 Å². The molecule has 1 aromatic rings. The van der Waals surface area contributed by atoms with Gasteiger partial charge in [0.1, 0.15) is 5.60 Å². The first-order chi connectivity index (χ1) is 12.3. The number of carbonyl (C=O) groups excluding carboxylic acids is 1. The fraction of sp³-hybridized carbons (Fsp3) is 0.667. The maximum atomic E-state index is 12.6. The number of nitrogens with zero attached hydrogens (tertiary/aromatic N) is 1. The van der Waals surface area contributed by atoms with Crippen LogP contribution in [-0.2, 0) is 27.9 Å². The summed E-state index contributed by atoms with van der Waals surface area (Å²) in [6.45, 7) is 10.3. The van der Waals surface area contributed by atoms with Crippen LogP contribution in [0.4, 0.5) is 0 Å². The first-order valence-corrected chi connectivity index (χ1v) is 9.77. The predicted octanol–water partition coefficient (Wildman–Crippen LogP) is 2.05. The molecule has 2 aliphatic heterocycles. The van der Waals surface area contributed by atoms with E-state index in [4.69, 9.17) is 4.74 Å². The maximum absolute atomic E-state index is 12.6. The Balaban J connectivity index is 1.70. The van der Waals surface area contributed by atoms with Crippen molar-refractivity contribution in [2.75, 3.05) is 26.3 Å². The van der Waals surface area contributed by atoms with Gasteiger partial charge in [-0.3, -0.25) is 4.79 Å². The molecule has 1 saturated carbocycles. The molecule has 4 rings (SSSR count). The van der Waals surface area contributed by atoms with Crippen molar-refractivity contribution < 1.29 is 14.6 Å². The minimum atomic E-state index is -1.09. The van der Waals surface area contributed by atoms with E-state index in [9.17, 15) is 9.90 Å². The van der Waals surface area contributed by atoms with Crippen molar-refractivity contribution in [2.45, 2.75) is 63.6 Å². The lowest BCUT2D eigenvalue weighted by molar-refractivity contribution is -0.143. The number of hydrogen-bond acceptors (Lipinski definition) is 4. The number of morpholine rings is 1. The fourth-order valence-corrected chi connectivity index (χ4v) is 4.01. The van der Waals surface area contributed by atoms with Gasteiger partial charge >= 0.3 is 0 Å². The van der Waals surface area contributed by atoms with E-state index in [1.807, 2.05) is 4.90 Å². The van der Waals surface area contributed by atoms with Crippen molar-refractivity contribution in [1.29, 1.82) is 0 Å². The normalized spacial score (nSPS) is 24.9. The quantitative estimate of drug-likeness (QED) is 0.849. The van der Waals surface area contributed by atoms with Crippen LogP contribution in [-0.4, -0.2) is 47.8 Å². The van der Waals surface area contributed by atoms with Crippen molar-refractivity contribution in [3.8, 4) is 0 Å². The second-order valence-electron chi connectivity index (χ2n) is 9.04. The first-order valence-electron chi connectivity index (χ1n) is 9.77. The van der Waals surface area contributed by atoms with E-state index < -0.39 is 5.60 Å². The summed E-state index contributed by atoms with van der Waals surface area (Å²) >= 11 is 0. The first kappa shape index (κ1) is 18.0. The van der Waals surface area contributed by atoms with Crippen LogP contribution in [0.5, 0.6) is 0 Å². The Morgan fingerprint density at radius 1 is 1.35 bits per heavy atom. The average molecular weight is 358 g/mol. The molecule has 0 bridgehead atoms. The van der Waals surface area contributed by atoms with Crippen molar-refractivity contribution >= 4 is 5.91 Å². The highest BCUT2D eigenvalue weighted by Crippen LogP contribution is 2.39. The molecule has 142 valence electrons. The lowest BCUT2D eigenvalue weighted by atomic mass is 9.80. The molecule has 26 heavy (non-hydrogen) atoms. The Bertz CT molecular complexity index is 713. The summed E-state index contributed by atoms with van der Waals surface area (Å²) in [6, 6.07) is 4.78. The number of hydrogen-bond donors (Lipinski definition) is 2. The number of carbonyl (C=O) groups is 1. The summed E-state index contributed by atoms with van der Waals surface area (Å²) in [4.78, 5) is 14.5. The van der Waals surface area contributed by atoms with Crippen molar-refractivity contribution in [3.63, 3.8) is 0 Å². The summed E-state index contributed by atoms with van der Waals surface area (Å²) in [5.74, 6) is -0.0955. The highest BCUT2D eigenvalue weighted by Gasteiger charge is 2.50. The zero-order valence-corrected chi connectivity index (χ0v) is 16.1. The summed E-state index contributed by atoms with van der Waals surface area (Å²) in [5, 5.41) is 13.8. The summed E-state index contributed by atoms with van der Waals surface area (Å²) in [7, 11) is 0. The van der Waals surface area contributed by atoms with Gasteiger partial charge in [-0.15, -0.1) is 0 Å². The van der Waals surface area contributed by atoms with Gasteiger partial charge in [0.15, 0.2) is 0 Å². The van der Waals surface area contributed by atoms with Crippen LogP contribution in [0.2, 0.25) is 0 Å². The SMILES string of the molecule is CC(C)(C)c1cc2c(c([C@@H]3COCCN3)c1)CN(C(=O)C1(O)CC1)CC2. The van der Waals surface area contributed by atoms with Gasteiger partial charge in [-0.25, -0.2) is 0 Å². The van der Waals surface area contributed by atoms with Crippen molar-refractivity contribution in [1.82, 2.24) is 10.2 Å². The van der Waals surface area contributed by atoms with Crippen LogP contribution in [0.25, 0.3) is 0 Å². The number of ether oxygens (including phenoxy) is 1. The molecule has 5 heteroatoms. The Morgan fingerprint density at radius 2 is 2.12 bits per heavy atom. The van der Waals surface area contributed by atoms with Crippen LogP contribution >= 0.6 is 0 Å². The monoisotopic (exact) mass is 358 g/mol. The summed E-state index contributed by atoms with van der Waals surface area (Å²) < 4.78 is 5.71. The van der Waals surface area contributed by atoms with E-state index in [0.717, 1.165) is 19.6 Å². The second-order valence-corrected chi connectivity index (χ2v) is 9.04. The lowest BCUT2D eigenvalue weighted by Gasteiger charge is -2.36. The number of amides is 1. The second kappa shape index (κ2) is 6.32. The number of rotatable bonds is 2.